The molecule has 0 aliphatic carbocycles. The minimum absolute atomic E-state index is 0.0239. The van der Waals surface area contributed by atoms with Gasteiger partial charge in [-0.05, 0) is 18.9 Å². The summed E-state index contributed by atoms with van der Waals surface area (Å²) < 4.78 is 10.8. The molecule has 6 nitrogen and oxygen atoms in total. The summed E-state index contributed by atoms with van der Waals surface area (Å²) in [5, 5.41) is 0. The van der Waals surface area contributed by atoms with Gasteiger partial charge in [-0.15, -0.1) is 0 Å². The lowest BCUT2D eigenvalue weighted by Crippen LogP contribution is -2.45. The summed E-state index contributed by atoms with van der Waals surface area (Å²) in [4.78, 5) is 27.6. The fourth-order valence-electron chi connectivity index (χ4n) is 3.10. The van der Waals surface area contributed by atoms with Gasteiger partial charge in [-0.25, -0.2) is 0 Å². The van der Waals surface area contributed by atoms with Crippen LogP contribution in [-0.2, 0) is 16.1 Å². The lowest BCUT2D eigenvalue weighted by molar-refractivity contribution is -0.142. The molecule has 2 aliphatic heterocycles. The zero-order chi connectivity index (χ0) is 15.7. The largest absolute Gasteiger partial charge is 0.454 e. The molecule has 118 valence electrons. The van der Waals surface area contributed by atoms with Crippen molar-refractivity contribution in [2.75, 3.05) is 20.4 Å². The monoisotopic (exact) mass is 304 g/mol. The molecule has 2 aliphatic rings. The first-order valence-corrected chi connectivity index (χ1v) is 7.47. The first-order chi connectivity index (χ1) is 10.6. The highest BCUT2D eigenvalue weighted by Crippen LogP contribution is 2.36. The third-order valence-electron chi connectivity index (χ3n) is 4.20. The molecule has 0 N–H and O–H groups in total. The smallest absolute Gasteiger partial charge is 0.245 e. The molecule has 1 aromatic carbocycles. The number of fused-ring (bicyclic) bond motifs is 1. The number of likely N-dealkylation sites (tertiary alicyclic amines) is 1. The minimum Gasteiger partial charge on any atom is -0.454 e. The topological polar surface area (TPSA) is 59.1 Å². The molecule has 2 amide bonds. The molecular weight excluding hydrogens is 284 g/mol. The highest BCUT2D eigenvalue weighted by Gasteiger charge is 2.34. The SMILES string of the molecule is CC(=O)N1CCC[C@H]1C(=O)N(C)Cc1cccc2c1OCO2. The second-order valence-corrected chi connectivity index (χ2v) is 5.72. The Labute approximate surface area is 129 Å². The summed E-state index contributed by atoms with van der Waals surface area (Å²) in [6, 6.07) is 5.33. The Morgan fingerprint density at radius 2 is 2.18 bits per heavy atom. The zero-order valence-electron chi connectivity index (χ0n) is 12.9. The molecule has 0 bridgehead atoms. The number of likely N-dealkylation sites (N-methyl/N-ethyl adjacent to an activating group) is 1. The zero-order valence-corrected chi connectivity index (χ0v) is 12.9. The molecular formula is C16H20N2O4. The Kier molecular flexibility index (Phi) is 3.92. The van der Waals surface area contributed by atoms with E-state index in [1.165, 1.54) is 6.92 Å². The van der Waals surface area contributed by atoms with E-state index in [2.05, 4.69) is 0 Å². The van der Waals surface area contributed by atoms with Gasteiger partial charge in [0.05, 0.1) is 0 Å². The Bertz CT molecular complexity index is 602. The van der Waals surface area contributed by atoms with E-state index >= 15 is 0 Å². The number of benzene rings is 1. The van der Waals surface area contributed by atoms with Gasteiger partial charge in [-0.3, -0.25) is 9.59 Å². The summed E-state index contributed by atoms with van der Waals surface area (Å²) >= 11 is 0. The number of ether oxygens (including phenoxy) is 2. The molecule has 1 fully saturated rings. The predicted octanol–water partition coefficient (Wildman–Crippen LogP) is 1.38. The first kappa shape index (κ1) is 14.7. The van der Waals surface area contributed by atoms with Gasteiger partial charge in [0.25, 0.3) is 0 Å². The number of rotatable bonds is 3. The lowest BCUT2D eigenvalue weighted by atomic mass is 10.1. The number of hydrogen-bond acceptors (Lipinski definition) is 4. The normalized spacial score (nSPS) is 19.4. The van der Waals surface area contributed by atoms with Gasteiger partial charge in [0.2, 0.25) is 18.6 Å². The fraction of sp³-hybridized carbons (Fsp3) is 0.500. The van der Waals surface area contributed by atoms with Gasteiger partial charge < -0.3 is 19.3 Å². The van der Waals surface area contributed by atoms with Crippen molar-refractivity contribution in [3.63, 3.8) is 0 Å². The molecule has 0 unspecified atom stereocenters. The van der Waals surface area contributed by atoms with Crippen LogP contribution in [0, 0.1) is 0 Å². The van der Waals surface area contributed by atoms with Gasteiger partial charge in [-0.2, -0.15) is 0 Å². The van der Waals surface area contributed by atoms with Crippen LogP contribution in [0.2, 0.25) is 0 Å². The van der Waals surface area contributed by atoms with Crippen LogP contribution in [-0.4, -0.2) is 48.0 Å². The van der Waals surface area contributed by atoms with Gasteiger partial charge in [0, 0.05) is 32.6 Å². The second-order valence-electron chi connectivity index (χ2n) is 5.72. The van der Waals surface area contributed by atoms with E-state index in [0.717, 1.165) is 18.4 Å². The van der Waals surface area contributed by atoms with Crippen molar-refractivity contribution in [1.82, 2.24) is 9.80 Å². The third kappa shape index (κ3) is 2.61. The number of para-hydroxylation sites is 1. The molecule has 0 spiro atoms. The first-order valence-electron chi connectivity index (χ1n) is 7.47. The molecule has 3 rings (SSSR count). The van der Waals surface area contributed by atoms with E-state index in [-0.39, 0.29) is 24.6 Å². The van der Waals surface area contributed by atoms with Crippen LogP contribution in [0.3, 0.4) is 0 Å². The maximum Gasteiger partial charge on any atom is 0.245 e. The van der Waals surface area contributed by atoms with Crippen LogP contribution in [0.25, 0.3) is 0 Å². The molecule has 22 heavy (non-hydrogen) atoms. The second kappa shape index (κ2) is 5.87. The van der Waals surface area contributed by atoms with E-state index in [9.17, 15) is 9.59 Å². The molecule has 1 aromatic rings. The maximum absolute atomic E-state index is 12.6. The Morgan fingerprint density at radius 3 is 2.95 bits per heavy atom. The van der Waals surface area contributed by atoms with Crippen molar-refractivity contribution in [2.45, 2.75) is 32.4 Å². The van der Waals surface area contributed by atoms with Gasteiger partial charge in [-0.1, -0.05) is 12.1 Å². The fourth-order valence-corrected chi connectivity index (χ4v) is 3.10. The van der Waals surface area contributed by atoms with Crippen molar-refractivity contribution in [3.8, 4) is 11.5 Å². The summed E-state index contributed by atoms with van der Waals surface area (Å²) in [5.74, 6) is 1.35. The highest BCUT2D eigenvalue weighted by molar-refractivity contribution is 5.87. The number of amides is 2. The Morgan fingerprint density at radius 1 is 1.36 bits per heavy atom. The van der Waals surface area contributed by atoms with Crippen molar-refractivity contribution in [1.29, 1.82) is 0 Å². The molecule has 0 saturated carbocycles. The molecule has 1 atom stereocenters. The van der Waals surface area contributed by atoms with Crippen molar-refractivity contribution < 1.29 is 19.1 Å². The van der Waals surface area contributed by atoms with Gasteiger partial charge in [0.15, 0.2) is 11.5 Å². The number of nitrogens with zero attached hydrogens (tertiary/aromatic N) is 2. The molecule has 0 radical (unpaired) electrons. The van der Waals surface area contributed by atoms with Gasteiger partial charge in [0.1, 0.15) is 6.04 Å². The Hall–Kier alpha value is -2.24. The quantitative estimate of drug-likeness (QED) is 0.846. The maximum atomic E-state index is 12.6. The third-order valence-corrected chi connectivity index (χ3v) is 4.20. The van der Waals surface area contributed by atoms with E-state index in [1.54, 1.807) is 16.8 Å². The summed E-state index contributed by atoms with van der Waals surface area (Å²) in [7, 11) is 1.76. The summed E-state index contributed by atoms with van der Waals surface area (Å²) in [6.45, 7) is 2.83. The lowest BCUT2D eigenvalue weighted by Gasteiger charge is -2.27. The standard InChI is InChI=1S/C16H20N2O4/c1-11(19)18-8-4-6-13(18)16(20)17(2)9-12-5-3-7-14-15(12)22-10-21-14/h3,5,7,13H,4,6,8-10H2,1-2H3/t13-/m0/s1. The van der Waals surface area contributed by atoms with E-state index < -0.39 is 0 Å². The number of carbonyl (C=O) groups is 2. The number of hydrogen-bond donors (Lipinski definition) is 0. The summed E-state index contributed by atoms with van der Waals surface area (Å²) in [5.41, 5.74) is 0.915. The van der Waals surface area contributed by atoms with Crippen LogP contribution < -0.4 is 9.47 Å². The van der Waals surface area contributed by atoms with Crippen LogP contribution in [0.15, 0.2) is 18.2 Å². The number of carbonyl (C=O) groups excluding carboxylic acids is 2. The van der Waals surface area contributed by atoms with Crippen molar-refractivity contribution in [2.24, 2.45) is 0 Å². The summed E-state index contributed by atoms with van der Waals surface area (Å²) in [6.07, 6.45) is 1.61. The van der Waals surface area contributed by atoms with E-state index in [0.29, 0.717) is 24.6 Å². The molecule has 2 heterocycles. The van der Waals surface area contributed by atoms with Gasteiger partial charge >= 0.3 is 0 Å². The highest BCUT2D eigenvalue weighted by atomic mass is 16.7. The van der Waals surface area contributed by atoms with Crippen LogP contribution >= 0.6 is 0 Å². The van der Waals surface area contributed by atoms with Crippen LogP contribution in [0.4, 0.5) is 0 Å². The molecule has 6 heteroatoms. The van der Waals surface area contributed by atoms with Crippen LogP contribution in [0.1, 0.15) is 25.3 Å². The minimum atomic E-state index is -0.337. The average molecular weight is 304 g/mol. The predicted molar refractivity (Wildman–Crippen MR) is 79.4 cm³/mol. The van der Waals surface area contributed by atoms with E-state index in [1.807, 2.05) is 18.2 Å². The van der Waals surface area contributed by atoms with Crippen molar-refractivity contribution >= 4 is 11.8 Å². The molecule has 1 saturated heterocycles. The van der Waals surface area contributed by atoms with Crippen LogP contribution in [0.5, 0.6) is 11.5 Å². The van der Waals surface area contributed by atoms with E-state index in [4.69, 9.17) is 9.47 Å². The Balaban J connectivity index is 1.72. The molecule has 0 aromatic heterocycles. The average Bonchev–Trinajstić information content (AvgIpc) is 3.15. The van der Waals surface area contributed by atoms with Crippen molar-refractivity contribution in [3.05, 3.63) is 23.8 Å².